The van der Waals surface area contributed by atoms with Crippen LogP contribution < -0.4 is 4.90 Å². The summed E-state index contributed by atoms with van der Waals surface area (Å²) in [5.41, 5.74) is 1.48. The molecule has 2 aliphatic heterocycles. The lowest BCUT2D eigenvalue weighted by molar-refractivity contribution is -0.122. The molecule has 0 bridgehead atoms. The van der Waals surface area contributed by atoms with Gasteiger partial charge in [-0.1, -0.05) is 0 Å². The summed E-state index contributed by atoms with van der Waals surface area (Å²) in [6, 6.07) is 0. The van der Waals surface area contributed by atoms with Gasteiger partial charge in [0, 0.05) is 44.0 Å². The minimum Gasteiger partial charge on any atom is -0.339 e. The summed E-state index contributed by atoms with van der Waals surface area (Å²) < 4.78 is 0. The lowest BCUT2D eigenvalue weighted by Crippen LogP contribution is -2.72. The molecule has 2 saturated heterocycles. The summed E-state index contributed by atoms with van der Waals surface area (Å²) in [4.78, 5) is 24.1. The molecule has 1 aromatic heterocycles. The van der Waals surface area contributed by atoms with Gasteiger partial charge in [-0.3, -0.25) is 9.69 Å². The van der Waals surface area contributed by atoms with Gasteiger partial charge in [0.2, 0.25) is 5.95 Å². The summed E-state index contributed by atoms with van der Waals surface area (Å²) in [6.07, 6.45) is 3.71. The second kappa shape index (κ2) is 4.02. The molecule has 0 N–H and O–H groups in total. The summed E-state index contributed by atoms with van der Waals surface area (Å²) in [6.45, 7) is 8.35. The number of nitrogens with zero attached hydrogens (tertiary/aromatic N) is 4. The van der Waals surface area contributed by atoms with Crippen LogP contribution in [-0.4, -0.2) is 53.4 Å². The number of carbonyl (C=O) groups excluding carboxylic acids is 1. The maximum Gasteiger partial charge on any atom is 0.225 e. The van der Waals surface area contributed by atoms with Crippen LogP contribution in [0.25, 0.3) is 0 Å². The molecule has 0 atom stereocenters. The molecule has 0 aliphatic carbocycles. The Hall–Kier alpha value is -1.49. The number of likely N-dealkylation sites (tertiary alicyclic amines) is 1. The number of rotatable bonds is 3. The molecular weight excluding hydrogens is 228 g/mol. The second-order valence-electron chi connectivity index (χ2n) is 5.76. The van der Waals surface area contributed by atoms with Crippen molar-refractivity contribution in [3.05, 3.63) is 18.0 Å². The molecule has 5 nitrogen and oxygen atoms in total. The molecule has 1 aromatic rings. The van der Waals surface area contributed by atoms with Gasteiger partial charge in [-0.05, 0) is 19.4 Å². The van der Waals surface area contributed by atoms with E-state index < -0.39 is 0 Å². The molecule has 3 rings (SSSR count). The monoisotopic (exact) mass is 246 g/mol. The van der Waals surface area contributed by atoms with Gasteiger partial charge in [0.1, 0.15) is 5.78 Å². The first-order valence-electron chi connectivity index (χ1n) is 6.32. The third kappa shape index (κ3) is 1.99. The van der Waals surface area contributed by atoms with E-state index in [1.54, 1.807) is 6.92 Å². The van der Waals surface area contributed by atoms with Crippen LogP contribution >= 0.6 is 0 Å². The standard InChI is InChI=1S/C13H18N4O/c1-10-3-14-12(15-4-10)17-8-13(9-17)6-16(7-13)5-11(2)18/h3-4H,5-9H2,1-2H3. The van der Waals surface area contributed by atoms with E-state index in [1.807, 2.05) is 19.3 Å². The van der Waals surface area contributed by atoms with Gasteiger partial charge >= 0.3 is 0 Å². The van der Waals surface area contributed by atoms with Crippen molar-refractivity contribution in [1.29, 1.82) is 0 Å². The van der Waals surface area contributed by atoms with Gasteiger partial charge in [-0.2, -0.15) is 0 Å². The van der Waals surface area contributed by atoms with Crippen molar-refractivity contribution in [1.82, 2.24) is 14.9 Å². The number of hydrogen-bond acceptors (Lipinski definition) is 5. The third-order valence-electron chi connectivity index (χ3n) is 3.67. The topological polar surface area (TPSA) is 49.3 Å². The lowest BCUT2D eigenvalue weighted by atomic mass is 9.73. The van der Waals surface area contributed by atoms with Crippen molar-refractivity contribution < 1.29 is 4.79 Å². The first kappa shape index (κ1) is 11.6. The summed E-state index contributed by atoms with van der Waals surface area (Å²) in [5.74, 6) is 1.08. The van der Waals surface area contributed by atoms with Crippen molar-refractivity contribution in [3.8, 4) is 0 Å². The van der Waals surface area contributed by atoms with Crippen molar-refractivity contribution >= 4 is 11.7 Å². The van der Waals surface area contributed by atoms with Gasteiger partial charge in [0.25, 0.3) is 0 Å². The second-order valence-corrected chi connectivity index (χ2v) is 5.76. The zero-order chi connectivity index (χ0) is 12.8. The summed E-state index contributed by atoms with van der Waals surface area (Å²) >= 11 is 0. The summed E-state index contributed by atoms with van der Waals surface area (Å²) in [7, 11) is 0. The highest BCUT2D eigenvalue weighted by molar-refractivity contribution is 5.77. The number of hydrogen-bond donors (Lipinski definition) is 0. The van der Waals surface area contributed by atoms with E-state index in [0.29, 0.717) is 12.0 Å². The van der Waals surface area contributed by atoms with Crippen molar-refractivity contribution in [2.75, 3.05) is 37.6 Å². The molecule has 0 unspecified atom stereocenters. The Balaban J connectivity index is 1.52. The van der Waals surface area contributed by atoms with E-state index in [1.165, 1.54) is 0 Å². The van der Waals surface area contributed by atoms with Crippen molar-refractivity contribution in [2.45, 2.75) is 13.8 Å². The molecular formula is C13H18N4O. The van der Waals surface area contributed by atoms with Crippen LogP contribution in [0.3, 0.4) is 0 Å². The molecule has 0 radical (unpaired) electrons. The van der Waals surface area contributed by atoms with E-state index in [0.717, 1.165) is 37.7 Å². The first-order valence-corrected chi connectivity index (χ1v) is 6.32. The molecule has 0 saturated carbocycles. The van der Waals surface area contributed by atoms with Gasteiger partial charge in [0.15, 0.2) is 0 Å². The Morgan fingerprint density at radius 1 is 1.28 bits per heavy atom. The Labute approximate surface area is 107 Å². The molecule has 18 heavy (non-hydrogen) atoms. The van der Waals surface area contributed by atoms with E-state index in [9.17, 15) is 4.79 Å². The highest BCUT2D eigenvalue weighted by Crippen LogP contribution is 2.40. The van der Waals surface area contributed by atoms with Crippen LogP contribution in [0.1, 0.15) is 12.5 Å². The molecule has 1 spiro atoms. The quantitative estimate of drug-likeness (QED) is 0.777. The number of aromatic nitrogens is 2. The van der Waals surface area contributed by atoms with Crippen LogP contribution in [-0.2, 0) is 4.79 Å². The Morgan fingerprint density at radius 2 is 1.89 bits per heavy atom. The van der Waals surface area contributed by atoms with Crippen LogP contribution in [0.2, 0.25) is 0 Å². The van der Waals surface area contributed by atoms with E-state index >= 15 is 0 Å². The SMILES string of the molecule is CC(=O)CN1CC2(C1)CN(c1ncc(C)cn1)C2. The predicted molar refractivity (Wildman–Crippen MR) is 68.5 cm³/mol. The van der Waals surface area contributed by atoms with Gasteiger partial charge in [-0.25, -0.2) is 9.97 Å². The van der Waals surface area contributed by atoms with E-state index in [4.69, 9.17) is 0 Å². The smallest absolute Gasteiger partial charge is 0.225 e. The average Bonchev–Trinajstić information content (AvgIpc) is 2.21. The van der Waals surface area contributed by atoms with Gasteiger partial charge in [-0.15, -0.1) is 0 Å². The highest BCUT2D eigenvalue weighted by Gasteiger charge is 2.52. The summed E-state index contributed by atoms with van der Waals surface area (Å²) in [5, 5.41) is 0. The predicted octanol–water partition coefficient (Wildman–Crippen LogP) is 0.496. The van der Waals surface area contributed by atoms with Crippen LogP contribution in [0.15, 0.2) is 12.4 Å². The Morgan fingerprint density at radius 3 is 2.44 bits per heavy atom. The largest absolute Gasteiger partial charge is 0.339 e. The van der Waals surface area contributed by atoms with Crippen LogP contribution in [0.4, 0.5) is 5.95 Å². The Kier molecular flexibility index (Phi) is 2.59. The highest BCUT2D eigenvalue weighted by atomic mass is 16.1. The maximum absolute atomic E-state index is 11.0. The maximum atomic E-state index is 11.0. The zero-order valence-electron chi connectivity index (χ0n) is 10.9. The van der Waals surface area contributed by atoms with E-state index in [2.05, 4.69) is 19.8 Å². The number of ketones is 1. The molecule has 0 aromatic carbocycles. The number of Topliss-reactive ketones (excluding diaryl/α,β-unsaturated/α-hetero) is 1. The number of aryl methyl sites for hydroxylation is 1. The van der Waals surface area contributed by atoms with Gasteiger partial charge in [0.05, 0.1) is 6.54 Å². The van der Waals surface area contributed by atoms with Crippen LogP contribution in [0, 0.1) is 12.3 Å². The molecule has 2 fully saturated rings. The van der Waals surface area contributed by atoms with E-state index in [-0.39, 0.29) is 5.78 Å². The number of anilines is 1. The molecule has 5 heteroatoms. The number of carbonyl (C=O) groups is 1. The fourth-order valence-electron chi connectivity index (χ4n) is 2.98. The molecule has 2 aliphatic rings. The molecule has 96 valence electrons. The minimum absolute atomic E-state index is 0.253. The molecule has 3 heterocycles. The van der Waals surface area contributed by atoms with Gasteiger partial charge < -0.3 is 4.90 Å². The van der Waals surface area contributed by atoms with Crippen LogP contribution in [0.5, 0.6) is 0 Å². The molecule has 0 amide bonds. The Bertz CT molecular complexity index is 456. The zero-order valence-corrected chi connectivity index (χ0v) is 10.9. The normalized spacial score (nSPS) is 21.6. The fourth-order valence-corrected chi connectivity index (χ4v) is 2.98. The lowest BCUT2D eigenvalue weighted by Gasteiger charge is -2.60. The minimum atomic E-state index is 0.253. The third-order valence-corrected chi connectivity index (χ3v) is 3.67. The van der Waals surface area contributed by atoms with Crippen molar-refractivity contribution in [3.63, 3.8) is 0 Å². The average molecular weight is 246 g/mol. The first-order chi connectivity index (χ1) is 8.56. The fraction of sp³-hybridized carbons (Fsp3) is 0.615. The van der Waals surface area contributed by atoms with Crippen molar-refractivity contribution in [2.24, 2.45) is 5.41 Å².